The Morgan fingerprint density at radius 1 is 0.576 bits per heavy atom. The topological polar surface area (TPSA) is 86.6 Å². The summed E-state index contributed by atoms with van der Waals surface area (Å²) >= 11 is 0. The second-order valence-corrected chi connectivity index (χ2v) is 14.2. The molecule has 6 heteroatoms. The van der Waals surface area contributed by atoms with E-state index >= 15 is 0 Å². The Hall–Kier alpha value is -0.760. The van der Waals surface area contributed by atoms with Crippen LogP contribution in [0.4, 0.5) is 0 Å². The van der Waals surface area contributed by atoms with E-state index in [1.165, 1.54) is 0 Å². The van der Waals surface area contributed by atoms with Crippen LogP contribution < -0.4 is 0 Å². The lowest BCUT2D eigenvalue weighted by atomic mass is 9.88. The summed E-state index contributed by atoms with van der Waals surface area (Å²) in [7, 11) is -2.02. The highest BCUT2D eigenvalue weighted by atomic mass is 32.2. The standard InChI is InChI=1S/C27H44O4S2/c1-26(2,20-28)18-7-5-10-22-14-16-24(32(22)30)12-9-13-25-17-15-23(33(25)31)11-6-8-19-27(3,4)21-29/h14-17,28-29H,5-13,18-21H2,1-4H3. The van der Waals surface area contributed by atoms with E-state index in [9.17, 15) is 19.3 Å². The van der Waals surface area contributed by atoms with Gasteiger partial charge in [0.25, 0.3) is 0 Å². The summed E-state index contributed by atoms with van der Waals surface area (Å²) in [6.45, 7) is 8.70. The summed E-state index contributed by atoms with van der Waals surface area (Å²) in [5.41, 5.74) is -0.0691. The molecular formula is C27H44O4S2. The number of aliphatic hydroxyl groups is 2. The SMILES string of the molecule is CC(C)(CO)CCCCc1ccc(CCCc2ccc(CCCCC(C)(C)CO)[s+]2[O-])[s+]1[O-]. The van der Waals surface area contributed by atoms with Gasteiger partial charge in [-0.2, -0.15) is 0 Å². The number of aliphatic hydroxyl groups excluding tert-OH is 2. The van der Waals surface area contributed by atoms with E-state index in [0.717, 1.165) is 90.1 Å². The minimum absolute atomic E-state index is 0.0345. The van der Waals surface area contributed by atoms with Crippen molar-refractivity contribution >= 4 is 21.5 Å². The van der Waals surface area contributed by atoms with Crippen LogP contribution in [0.3, 0.4) is 0 Å². The molecule has 188 valence electrons. The Labute approximate surface area is 206 Å². The molecule has 0 saturated carbocycles. The van der Waals surface area contributed by atoms with Crippen molar-refractivity contribution in [3.63, 3.8) is 0 Å². The molecule has 2 aromatic heterocycles. The van der Waals surface area contributed by atoms with Gasteiger partial charge < -0.3 is 19.3 Å². The van der Waals surface area contributed by atoms with E-state index in [1.54, 1.807) is 0 Å². The van der Waals surface area contributed by atoms with Gasteiger partial charge in [0.1, 0.15) is 19.5 Å². The van der Waals surface area contributed by atoms with E-state index in [-0.39, 0.29) is 24.0 Å². The first kappa shape index (κ1) is 28.5. The maximum atomic E-state index is 12.8. The third-order valence-corrected chi connectivity index (χ3v) is 9.88. The van der Waals surface area contributed by atoms with Gasteiger partial charge in [-0.15, -0.1) is 0 Å². The fourth-order valence-corrected chi connectivity index (χ4v) is 6.82. The molecule has 2 atom stereocenters. The molecule has 0 bridgehead atoms. The van der Waals surface area contributed by atoms with Crippen LogP contribution in [0.15, 0.2) is 24.3 Å². The first-order chi connectivity index (χ1) is 15.6. The average molecular weight is 497 g/mol. The Morgan fingerprint density at radius 3 is 1.18 bits per heavy atom. The summed E-state index contributed by atoms with van der Waals surface area (Å²) in [4.78, 5) is 4.02. The van der Waals surface area contributed by atoms with Crippen molar-refractivity contribution in [3.8, 4) is 0 Å². The first-order valence-electron chi connectivity index (χ1n) is 12.4. The van der Waals surface area contributed by atoms with Crippen LogP contribution >= 0.6 is 21.5 Å². The predicted molar refractivity (Wildman–Crippen MR) is 139 cm³/mol. The van der Waals surface area contributed by atoms with E-state index < -0.39 is 21.5 Å². The summed E-state index contributed by atoms with van der Waals surface area (Å²) in [6, 6.07) is 8.07. The van der Waals surface area contributed by atoms with Crippen molar-refractivity contribution in [2.24, 2.45) is 10.8 Å². The highest BCUT2D eigenvalue weighted by Crippen LogP contribution is 2.33. The molecular weight excluding hydrogens is 452 g/mol. The molecule has 2 heterocycles. The molecule has 0 aromatic carbocycles. The Bertz CT molecular complexity index is 767. The predicted octanol–water partition coefficient (Wildman–Crippen LogP) is 6.78. The third-order valence-electron chi connectivity index (χ3n) is 6.62. The molecule has 0 aliphatic rings. The second-order valence-electron chi connectivity index (χ2n) is 11.0. The van der Waals surface area contributed by atoms with Crippen LogP contribution in [0.2, 0.25) is 0 Å². The maximum absolute atomic E-state index is 12.8. The molecule has 4 nitrogen and oxygen atoms in total. The zero-order chi connectivity index (χ0) is 24.5. The van der Waals surface area contributed by atoms with Gasteiger partial charge in [-0.05, 0) is 67.2 Å². The summed E-state index contributed by atoms with van der Waals surface area (Å²) in [5.74, 6) is 0. The quantitative estimate of drug-likeness (QED) is 0.198. The summed E-state index contributed by atoms with van der Waals surface area (Å²) in [6.07, 6.45) is 10.2. The lowest BCUT2D eigenvalue weighted by molar-refractivity contribution is 0.147. The van der Waals surface area contributed by atoms with Gasteiger partial charge in [0, 0.05) is 38.9 Å². The molecule has 2 N–H and O–H groups in total. The van der Waals surface area contributed by atoms with E-state index in [2.05, 4.69) is 27.7 Å². The molecule has 2 unspecified atom stereocenters. The zero-order valence-corrected chi connectivity index (χ0v) is 22.7. The minimum Gasteiger partial charge on any atom is -0.590 e. The van der Waals surface area contributed by atoms with Crippen LogP contribution in [-0.4, -0.2) is 32.5 Å². The molecule has 0 fully saturated rings. The normalized spacial score (nSPS) is 13.7. The molecule has 0 aliphatic heterocycles. The van der Waals surface area contributed by atoms with Crippen LogP contribution in [0.5, 0.6) is 0 Å². The van der Waals surface area contributed by atoms with Crippen molar-refractivity contribution in [2.45, 2.75) is 98.3 Å². The maximum Gasteiger partial charge on any atom is 0.149 e. The number of thiophene rings is 2. The molecule has 0 saturated heterocycles. The van der Waals surface area contributed by atoms with Crippen molar-refractivity contribution < 1.29 is 19.3 Å². The van der Waals surface area contributed by atoms with Crippen molar-refractivity contribution in [3.05, 3.63) is 43.8 Å². The summed E-state index contributed by atoms with van der Waals surface area (Å²) < 4.78 is 25.5. The molecule has 2 rings (SSSR count). The highest BCUT2D eigenvalue weighted by Gasteiger charge is 2.19. The van der Waals surface area contributed by atoms with Gasteiger partial charge >= 0.3 is 0 Å². The average Bonchev–Trinajstić information content (AvgIpc) is 3.31. The van der Waals surface area contributed by atoms with Gasteiger partial charge in [-0.1, -0.05) is 62.0 Å². The van der Waals surface area contributed by atoms with Crippen molar-refractivity contribution in [1.82, 2.24) is 0 Å². The molecule has 0 aliphatic carbocycles. The molecule has 2 aromatic rings. The molecule has 0 spiro atoms. The number of aryl methyl sites for hydroxylation is 4. The largest absolute Gasteiger partial charge is 0.590 e. The number of hydrogen-bond donors (Lipinski definition) is 2. The van der Waals surface area contributed by atoms with E-state index in [0.29, 0.717) is 0 Å². The van der Waals surface area contributed by atoms with Crippen LogP contribution in [0.25, 0.3) is 0 Å². The Kier molecular flexibility index (Phi) is 11.5. The smallest absolute Gasteiger partial charge is 0.149 e. The van der Waals surface area contributed by atoms with Gasteiger partial charge in [0.15, 0.2) is 0 Å². The van der Waals surface area contributed by atoms with Crippen LogP contribution in [0, 0.1) is 10.8 Å². The van der Waals surface area contributed by atoms with Crippen LogP contribution in [0.1, 0.15) is 92.1 Å². The lowest BCUT2D eigenvalue weighted by Gasteiger charge is -2.20. The zero-order valence-electron chi connectivity index (χ0n) is 21.0. The van der Waals surface area contributed by atoms with Gasteiger partial charge in [0.05, 0.1) is 0 Å². The molecule has 33 heavy (non-hydrogen) atoms. The highest BCUT2D eigenvalue weighted by molar-refractivity contribution is 7.25. The van der Waals surface area contributed by atoms with E-state index in [4.69, 9.17) is 0 Å². The fraction of sp³-hybridized carbons (Fsp3) is 0.704. The van der Waals surface area contributed by atoms with Gasteiger partial charge in [0.2, 0.25) is 0 Å². The fourth-order valence-electron chi connectivity index (χ4n) is 4.06. The van der Waals surface area contributed by atoms with Crippen molar-refractivity contribution in [1.29, 1.82) is 0 Å². The van der Waals surface area contributed by atoms with Gasteiger partial charge in [-0.25, -0.2) is 0 Å². The number of hydrogen-bond acceptors (Lipinski definition) is 4. The second kappa shape index (κ2) is 13.4. The Balaban J connectivity index is 1.74. The van der Waals surface area contributed by atoms with Gasteiger partial charge in [-0.3, -0.25) is 0 Å². The summed E-state index contributed by atoms with van der Waals surface area (Å²) in [5, 5.41) is 18.7. The Morgan fingerprint density at radius 2 is 0.879 bits per heavy atom. The van der Waals surface area contributed by atoms with E-state index in [1.807, 2.05) is 24.3 Å². The van der Waals surface area contributed by atoms with Crippen molar-refractivity contribution in [2.75, 3.05) is 13.2 Å². The van der Waals surface area contributed by atoms with Crippen LogP contribution in [-0.2, 0) is 25.7 Å². The number of unbranched alkanes of at least 4 members (excludes halogenated alkanes) is 2. The molecule has 0 radical (unpaired) electrons. The molecule has 0 amide bonds. The monoisotopic (exact) mass is 496 g/mol. The lowest BCUT2D eigenvalue weighted by Crippen LogP contribution is -2.16. The third kappa shape index (κ3) is 9.42. The number of rotatable bonds is 16. The minimum atomic E-state index is -1.01. The first-order valence-corrected chi connectivity index (χ1v) is 14.7.